The molecule has 156 valence electrons. The van der Waals surface area contributed by atoms with E-state index in [1.54, 1.807) is 18.2 Å². The van der Waals surface area contributed by atoms with E-state index in [9.17, 15) is 17.6 Å². The second kappa shape index (κ2) is 8.48. The van der Waals surface area contributed by atoms with E-state index in [0.29, 0.717) is 25.9 Å². The lowest BCUT2D eigenvalue weighted by Crippen LogP contribution is -2.60. The Labute approximate surface area is 169 Å². The fraction of sp³-hybridized carbons (Fsp3) is 0.350. The molecule has 29 heavy (non-hydrogen) atoms. The first-order valence-electron chi connectivity index (χ1n) is 9.24. The van der Waals surface area contributed by atoms with Crippen LogP contribution >= 0.6 is 0 Å². The second-order valence-corrected chi connectivity index (χ2v) is 8.70. The minimum absolute atomic E-state index is 0.0927. The predicted molar refractivity (Wildman–Crippen MR) is 107 cm³/mol. The zero-order chi connectivity index (χ0) is 21.1. The highest BCUT2D eigenvalue weighted by Gasteiger charge is 2.51. The topological polar surface area (TPSA) is 111 Å². The van der Waals surface area contributed by atoms with Crippen LogP contribution in [0.1, 0.15) is 28.8 Å². The molecule has 2 aromatic rings. The zero-order valence-corrected chi connectivity index (χ0v) is 16.8. The average Bonchev–Trinajstić information content (AvgIpc) is 2.71. The van der Waals surface area contributed by atoms with Gasteiger partial charge in [0.2, 0.25) is 10.0 Å². The van der Waals surface area contributed by atoms with Crippen molar-refractivity contribution in [2.75, 3.05) is 20.2 Å². The van der Waals surface area contributed by atoms with E-state index in [0.717, 1.165) is 6.07 Å². The number of sulfonamides is 1. The van der Waals surface area contributed by atoms with E-state index in [1.807, 2.05) is 0 Å². The molecule has 1 aliphatic rings. The number of primary sulfonamides is 1. The van der Waals surface area contributed by atoms with E-state index in [2.05, 4.69) is 10.6 Å². The standard InChI is InChI=1S/C20H24FN3O4S/c1-28-18-8-3-2-7-17(18)19(25)24-20(29(22,26)27,14-9-11-23-12-10-14)15-5-4-6-16(21)13-15/h2-8,13-14,23H,9-12H2,1H3,(H,24,25)(H2,22,26,27). The van der Waals surface area contributed by atoms with Gasteiger partial charge in [-0.3, -0.25) is 4.79 Å². The lowest BCUT2D eigenvalue weighted by Gasteiger charge is -2.41. The van der Waals surface area contributed by atoms with Crippen LogP contribution in [0.5, 0.6) is 5.75 Å². The minimum Gasteiger partial charge on any atom is -0.496 e. The number of nitrogens with two attached hydrogens (primary N) is 1. The number of methoxy groups -OCH3 is 1. The molecule has 0 radical (unpaired) electrons. The Morgan fingerprint density at radius 3 is 2.52 bits per heavy atom. The van der Waals surface area contributed by atoms with Gasteiger partial charge in [0.05, 0.1) is 12.7 Å². The number of para-hydroxylation sites is 1. The Kier molecular flexibility index (Phi) is 6.21. The molecule has 1 saturated heterocycles. The van der Waals surface area contributed by atoms with Crippen molar-refractivity contribution in [3.05, 3.63) is 65.5 Å². The molecule has 1 heterocycles. The maximum atomic E-state index is 14.1. The highest BCUT2D eigenvalue weighted by atomic mass is 32.2. The first-order valence-corrected chi connectivity index (χ1v) is 10.8. The van der Waals surface area contributed by atoms with Gasteiger partial charge < -0.3 is 15.4 Å². The number of rotatable bonds is 6. The number of ether oxygens (including phenoxy) is 1. The third-order valence-corrected chi connectivity index (χ3v) is 6.84. The van der Waals surface area contributed by atoms with E-state index in [1.165, 1.54) is 31.4 Å². The van der Waals surface area contributed by atoms with Crippen LogP contribution in [0.2, 0.25) is 0 Å². The molecule has 0 spiro atoms. The summed E-state index contributed by atoms with van der Waals surface area (Å²) in [5, 5.41) is 11.5. The molecule has 0 aliphatic carbocycles. The van der Waals surface area contributed by atoms with Gasteiger partial charge in [0.1, 0.15) is 11.6 Å². The molecule has 9 heteroatoms. The molecular weight excluding hydrogens is 397 g/mol. The van der Waals surface area contributed by atoms with Gasteiger partial charge >= 0.3 is 0 Å². The van der Waals surface area contributed by atoms with Gasteiger partial charge in [-0.2, -0.15) is 0 Å². The minimum atomic E-state index is -4.39. The van der Waals surface area contributed by atoms with Crippen molar-refractivity contribution in [2.24, 2.45) is 11.1 Å². The Balaban J connectivity index is 2.17. The van der Waals surface area contributed by atoms with Crippen molar-refractivity contribution >= 4 is 15.9 Å². The highest BCUT2D eigenvalue weighted by Crippen LogP contribution is 2.39. The monoisotopic (exact) mass is 421 g/mol. The maximum absolute atomic E-state index is 14.1. The van der Waals surface area contributed by atoms with Gasteiger partial charge in [-0.25, -0.2) is 17.9 Å². The highest BCUT2D eigenvalue weighted by molar-refractivity contribution is 7.90. The summed E-state index contributed by atoms with van der Waals surface area (Å²) in [5.74, 6) is -1.53. The zero-order valence-electron chi connectivity index (χ0n) is 16.0. The SMILES string of the molecule is COc1ccccc1C(=O)NC(c1cccc(F)c1)(C1CCNCC1)S(N)(=O)=O. The molecule has 1 unspecified atom stereocenters. The number of hydrogen-bond acceptors (Lipinski definition) is 5. The molecule has 3 rings (SSSR count). The van der Waals surface area contributed by atoms with Crippen molar-refractivity contribution in [1.29, 1.82) is 0 Å². The van der Waals surface area contributed by atoms with Crippen LogP contribution in [0.15, 0.2) is 48.5 Å². The molecule has 4 N–H and O–H groups in total. The van der Waals surface area contributed by atoms with E-state index in [-0.39, 0.29) is 16.9 Å². The summed E-state index contributed by atoms with van der Waals surface area (Å²) < 4.78 is 45.2. The fourth-order valence-corrected chi connectivity index (χ4v) is 5.28. The van der Waals surface area contributed by atoms with Gasteiger partial charge in [-0.15, -0.1) is 0 Å². The normalized spacial score (nSPS) is 17.3. The maximum Gasteiger partial charge on any atom is 0.256 e. The third kappa shape index (κ3) is 4.12. The number of nitrogens with one attached hydrogen (secondary N) is 2. The molecule has 0 aromatic heterocycles. The van der Waals surface area contributed by atoms with Crippen LogP contribution in [-0.4, -0.2) is 34.5 Å². The van der Waals surface area contributed by atoms with Gasteiger partial charge in [-0.1, -0.05) is 24.3 Å². The summed E-state index contributed by atoms with van der Waals surface area (Å²) in [7, 11) is -2.97. The van der Waals surface area contributed by atoms with Crippen LogP contribution in [-0.2, 0) is 14.9 Å². The summed E-state index contributed by atoms with van der Waals surface area (Å²) >= 11 is 0. The first kappa shape index (κ1) is 21.2. The lowest BCUT2D eigenvalue weighted by atomic mass is 9.84. The summed E-state index contributed by atoms with van der Waals surface area (Å²) in [5.41, 5.74) is 0.253. The van der Waals surface area contributed by atoms with Crippen LogP contribution < -0.4 is 20.5 Å². The van der Waals surface area contributed by atoms with Crippen LogP contribution in [0.3, 0.4) is 0 Å². The van der Waals surface area contributed by atoms with Crippen LogP contribution in [0.4, 0.5) is 4.39 Å². The smallest absolute Gasteiger partial charge is 0.256 e. The molecule has 2 aromatic carbocycles. The largest absolute Gasteiger partial charge is 0.496 e. The van der Waals surface area contributed by atoms with E-state index < -0.39 is 32.5 Å². The molecule has 1 fully saturated rings. The molecule has 1 aliphatic heterocycles. The number of benzene rings is 2. The third-order valence-electron chi connectivity index (χ3n) is 5.27. The summed E-state index contributed by atoms with van der Waals surface area (Å²) in [4.78, 5) is 11.2. The van der Waals surface area contributed by atoms with Gasteiger partial charge in [-0.05, 0) is 55.8 Å². The average molecular weight is 421 g/mol. The van der Waals surface area contributed by atoms with Crippen molar-refractivity contribution in [2.45, 2.75) is 17.7 Å². The van der Waals surface area contributed by atoms with E-state index in [4.69, 9.17) is 9.88 Å². The number of carbonyl (C=O) groups is 1. The summed E-state index contributed by atoms with van der Waals surface area (Å²) in [6, 6.07) is 11.6. The Morgan fingerprint density at radius 1 is 1.21 bits per heavy atom. The number of amides is 1. The van der Waals surface area contributed by atoms with Gasteiger partial charge in [0, 0.05) is 5.92 Å². The van der Waals surface area contributed by atoms with Crippen molar-refractivity contribution in [1.82, 2.24) is 10.6 Å². The van der Waals surface area contributed by atoms with Gasteiger partial charge in [0.15, 0.2) is 4.87 Å². The molecule has 7 nitrogen and oxygen atoms in total. The molecule has 1 atom stereocenters. The predicted octanol–water partition coefficient (Wildman–Crippen LogP) is 1.71. The van der Waals surface area contributed by atoms with Crippen molar-refractivity contribution in [3.8, 4) is 5.75 Å². The van der Waals surface area contributed by atoms with E-state index >= 15 is 0 Å². The Hall–Kier alpha value is -2.49. The summed E-state index contributed by atoms with van der Waals surface area (Å²) in [6.07, 6.45) is 0.887. The number of piperidine rings is 1. The van der Waals surface area contributed by atoms with Crippen LogP contribution in [0, 0.1) is 11.7 Å². The van der Waals surface area contributed by atoms with Crippen LogP contribution in [0.25, 0.3) is 0 Å². The van der Waals surface area contributed by atoms with Gasteiger partial charge in [0.25, 0.3) is 5.91 Å². The van der Waals surface area contributed by atoms with Crippen molar-refractivity contribution < 1.29 is 22.3 Å². The fourth-order valence-electron chi connectivity index (χ4n) is 3.89. The Bertz CT molecular complexity index is 993. The molecular formula is C20H24FN3O4S. The molecule has 0 bridgehead atoms. The lowest BCUT2D eigenvalue weighted by molar-refractivity contribution is 0.0887. The van der Waals surface area contributed by atoms with Crippen molar-refractivity contribution in [3.63, 3.8) is 0 Å². The molecule has 1 amide bonds. The summed E-state index contributed by atoms with van der Waals surface area (Å²) in [6.45, 7) is 1.11. The second-order valence-electron chi connectivity index (χ2n) is 6.97. The Morgan fingerprint density at radius 2 is 1.90 bits per heavy atom. The molecule has 0 saturated carbocycles. The first-order chi connectivity index (χ1) is 13.8. The number of halogens is 1. The number of carbonyl (C=O) groups excluding carboxylic acids is 1. The number of hydrogen-bond donors (Lipinski definition) is 3. The quantitative estimate of drug-likeness (QED) is 0.658.